The lowest BCUT2D eigenvalue weighted by Crippen LogP contribution is -2.50. The minimum absolute atomic E-state index is 0.0713. The van der Waals surface area contributed by atoms with Crippen LogP contribution in [0.3, 0.4) is 0 Å². The summed E-state index contributed by atoms with van der Waals surface area (Å²) in [4.78, 5) is 20.3. The minimum atomic E-state index is -3.71. The summed E-state index contributed by atoms with van der Waals surface area (Å²) in [6.45, 7) is 8.70. The number of hydroxylamine groups is 1. The summed E-state index contributed by atoms with van der Waals surface area (Å²) in [6.07, 6.45) is 3.04. The van der Waals surface area contributed by atoms with Crippen LogP contribution in [-0.2, 0) is 26.0 Å². The number of sulfone groups is 1. The Morgan fingerprint density at radius 2 is 1.75 bits per heavy atom. The van der Waals surface area contributed by atoms with E-state index in [-0.39, 0.29) is 13.0 Å². The standard InChI is InChI=1S/C26H38N4O4SSi/c1-26(35(4,32)33,25(31)28-34-16-17-36(5,6)7)14-15-30-19-22-18-21(10-13-24(22)27-30)20-8-11-23(12-9-20)29(2)3/h8-13,18-19H,14-17H2,1-7H3,(H,28,31)/t26-/m1/s1. The molecule has 0 aliphatic heterocycles. The molecule has 0 aliphatic carbocycles. The van der Waals surface area contributed by atoms with Crippen molar-refractivity contribution >= 4 is 40.4 Å². The molecule has 8 nitrogen and oxygen atoms in total. The number of rotatable bonds is 11. The summed E-state index contributed by atoms with van der Waals surface area (Å²) in [5, 5.41) is 5.54. The van der Waals surface area contributed by atoms with E-state index in [1.807, 2.05) is 32.4 Å². The van der Waals surface area contributed by atoms with Crippen LogP contribution >= 0.6 is 0 Å². The summed E-state index contributed by atoms with van der Waals surface area (Å²) in [5.41, 5.74) is 6.49. The summed E-state index contributed by atoms with van der Waals surface area (Å²) >= 11 is 0. The van der Waals surface area contributed by atoms with E-state index in [9.17, 15) is 13.2 Å². The highest BCUT2D eigenvalue weighted by atomic mass is 32.2. The van der Waals surface area contributed by atoms with Crippen LogP contribution in [0.5, 0.6) is 0 Å². The van der Waals surface area contributed by atoms with Gasteiger partial charge < -0.3 is 4.90 Å². The van der Waals surface area contributed by atoms with Gasteiger partial charge in [-0.1, -0.05) is 37.8 Å². The first kappa shape index (κ1) is 27.9. The van der Waals surface area contributed by atoms with Crippen LogP contribution in [0, 0.1) is 0 Å². The molecule has 0 saturated heterocycles. The second-order valence-electron chi connectivity index (χ2n) is 11.0. The van der Waals surface area contributed by atoms with Crippen LogP contribution in [0.25, 0.3) is 22.0 Å². The van der Waals surface area contributed by atoms with Gasteiger partial charge in [0.05, 0.1) is 12.1 Å². The number of benzene rings is 2. The SMILES string of the molecule is CN(C)c1ccc(-c2ccc3nn(CC[C@](C)(C(=O)NOCC[Si](C)(C)C)S(C)(=O)=O)cc3c2)cc1. The number of carbonyl (C=O) groups excluding carboxylic acids is 1. The van der Waals surface area contributed by atoms with E-state index in [1.165, 1.54) is 6.92 Å². The van der Waals surface area contributed by atoms with Crippen molar-refractivity contribution in [3.63, 3.8) is 0 Å². The maximum Gasteiger partial charge on any atom is 0.264 e. The average Bonchev–Trinajstić information content (AvgIpc) is 3.21. The molecule has 0 saturated carbocycles. The van der Waals surface area contributed by atoms with Crippen LogP contribution in [-0.4, -0.2) is 63.9 Å². The highest BCUT2D eigenvalue weighted by molar-refractivity contribution is 7.92. The lowest BCUT2D eigenvalue weighted by molar-refractivity contribution is -0.135. The van der Waals surface area contributed by atoms with Gasteiger partial charge in [-0.15, -0.1) is 0 Å². The van der Waals surface area contributed by atoms with Gasteiger partial charge in [0.1, 0.15) is 0 Å². The maximum absolute atomic E-state index is 12.9. The number of fused-ring (bicyclic) bond motifs is 1. The lowest BCUT2D eigenvalue weighted by Gasteiger charge is -2.26. The Bertz CT molecular complexity index is 1310. The van der Waals surface area contributed by atoms with E-state index in [0.717, 1.165) is 40.0 Å². The van der Waals surface area contributed by atoms with Crippen molar-refractivity contribution in [3.8, 4) is 11.1 Å². The lowest BCUT2D eigenvalue weighted by atomic mass is 10.0. The molecule has 1 atom stereocenters. The Hall–Kier alpha value is -2.69. The first-order chi connectivity index (χ1) is 16.7. The summed E-state index contributed by atoms with van der Waals surface area (Å²) in [6, 6.07) is 15.2. The predicted molar refractivity (Wildman–Crippen MR) is 150 cm³/mol. The number of nitrogens with one attached hydrogen (secondary N) is 1. The van der Waals surface area contributed by atoms with Crippen LogP contribution in [0.1, 0.15) is 13.3 Å². The van der Waals surface area contributed by atoms with Gasteiger partial charge in [0.2, 0.25) is 0 Å². The fourth-order valence-corrected chi connectivity index (χ4v) is 5.25. The molecule has 1 amide bonds. The Kier molecular flexibility index (Phi) is 8.32. The van der Waals surface area contributed by atoms with E-state index in [2.05, 4.69) is 65.5 Å². The maximum atomic E-state index is 12.9. The first-order valence-electron chi connectivity index (χ1n) is 12.1. The van der Waals surface area contributed by atoms with Crippen LogP contribution in [0.4, 0.5) is 5.69 Å². The zero-order valence-electron chi connectivity index (χ0n) is 22.3. The van der Waals surface area contributed by atoms with Gasteiger partial charge in [-0.2, -0.15) is 5.10 Å². The highest BCUT2D eigenvalue weighted by Crippen LogP contribution is 2.27. The first-order valence-corrected chi connectivity index (χ1v) is 17.7. The quantitative estimate of drug-likeness (QED) is 0.225. The third-order valence-electron chi connectivity index (χ3n) is 6.50. The molecule has 2 aromatic carbocycles. The molecule has 1 N–H and O–H groups in total. The largest absolute Gasteiger partial charge is 0.378 e. The predicted octanol–water partition coefficient (Wildman–Crippen LogP) is 4.35. The minimum Gasteiger partial charge on any atom is -0.378 e. The zero-order chi connectivity index (χ0) is 26.7. The molecule has 0 spiro atoms. The van der Waals surface area contributed by atoms with Crippen molar-refractivity contribution in [1.82, 2.24) is 15.3 Å². The van der Waals surface area contributed by atoms with Crippen molar-refractivity contribution in [1.29, 1.82) is 0 Å². The molecule has 10 heteroatoms. The van der Waals surface area contributed by atoms with Crippen LogP contribution in [0.15, 0.2) is 48.7 Å². The fraction of sp³-hybridized carbons (Fsp3) is 0.462. The zero-order valence-corrected chi connectivity index (χ0v) is 24.1. The number of anilines is 1. The second-order valence-corrected chi connectivity index (χ2v) is 19.0. The highest BCUT2D eigenvalue weighted by Gasteiger charge is 2.43. The number of aromatic nitrogens is 2. The van der Waals surface area contributed by atoms with Gasteiger partial charge in [0.25, 0.3) is 5.91 Å². The van der Waals surface area contributed by atoms with E-state index in [0.29, 0.717) is 6.61 Å². The molecule has 0 fully saturated rings. The Morgan fingerprint density at radius 3 is 2.33 bits per heavy atom. The number of aryl methyl sites for hydroxylation is 1. The van der Waals surface area contributed by atoms with Crippen molar-refractivity contribution in [3.05, 3.63) is 48.7 Å². The smallest absolute Gasteiger partial charge is 0.264 e. The second kappa shape index (κ2) is 10.7. The molecule has 3 rings (SSSR count). The molecule has 0 bridgehead atoms. The van der Waals surface area contributed by atoms with Gasteiger partial charge >= 0.3 is 0 Å². The van der Waals surface area contributed by atoms with E-state index in [4.69, 9.17) is 4.84 Å². The van der Waals surface area contributed by atoms with E-state index in [1.54, 1.807) is 4.68 Å². The van der Waals surface area contributed by atoms with Gasteiger partial charge in [0, 0.05) is 52.2 Å². The average molecular weight is 531 g/mol. The summed E-state index contributed by atoms with van der Waals surface area (Å²) in [5.74, 6) is -0.652. The van der Waals surface area contributed by atoms with E-state index >= 15 is 0 Å². The molecule has 36 heavy (non-hydrogen) atoms. The van der Waals surface area contributed by atoms with Crippen molar-refractivity contribution < 1.29 is 18.0 Å². The van der Waals surface area contributed by atoms with Crippen molar-refractivity contribution in [2.45, 2.75) is 50.3 Å². The molecule has 0 unspecified atom stereocenters. The molecule has 0 radical (unpaired) electrons. The molecule has 1 aromatic heterocycles. The third-order valence-corrected chi connectivity index (χ3v) is 10.2. The molecule has 3 aromatic rings. The monoisotopic (exact) mass is 530 g/mol. The van der Waals surface area contributed by atoms with Gasteiger partial charge in [-0.3, -0.25) is 14.3 Å². The Morgan fingerprint density at radius 1 is 1.11 bits per heavy atom. The molecule has 0 aliphatic rings. The number of nitrogens with zero attached hydrogens (tertiary/aromatic N) is 3. The molecular weight excluding hydrogens is 492 g/mol. The fourth-order valence-electron chi connectivity index (χ4n) is 3.70. The number of amides is 1. The van der Waals surface area contributed by atoms with E-state index < -0.39 is 28.6 Å². The van der Waals surface area contributed by atoms with Gasteiger partial charge in [-0.05, 0) is 54.8 Å². The van der Waals surface area contributed by atoms with Crippen molar-refractivity contribution in [2.75, 3.05) is 31.9 Å². The van der Waals surface area contributed by atoms with Gasteiger partial charge in [-0.25, -0.2) is 13.9 Å². The number of carbonyl (C=O) groups is 1. The molecule has 196 valence electrons. The normalized spacial score (nSPS) is 14.0. The van der Waals surface area contributed by atoms with Crippen LogP contribution in [0.2, 0.25) is 25.7 Å². The summed E-state index contributed by atoms with van der Waals surface area (Å²) in [7, 11) is -1.02. The topological polar surface area (TPSA) is 93.5 Å². The van der Waals surface area contributed by atoms with Crippen molar-refractivity contribution in [2.24, 2.45) is 0 Å². The number of hydrogen-bond donors (Lipinski definition) is 1. The Labute approximate surface area is 215 Å². The Balaban J connectivity index is 1.73. The van der Waals surface area contributed by atoms with Crippen LogP contribution < -0.4 is 10.4 Å². The summed E-state index contributed by atoms with van der Waals surface area (Å²) < 4.78 is 25.3. The molecule has 1 heterocycles. The van der Waals surface area contributed by atoms with Gasteiger partial charge in [0.15, 0.2) is 14.6 Å². The third kappa shape index (κ3) is 6.74. The number of hydrogen-bond acceptors (Lipinski definition) is 6. The molecular formula is C26H38N4O4SSi.